The van der Waals surface area contributed by atoms with Gasteiger partial charge in [0.15, 0.2) is 0 Å². The minimum absolute atomic E-state index is 0.164. The molecule has 2 aliphatic heterocycles. The normalized spacial score (nSPS) is 16.2. The molecule has 9 heteroatoms. The zero-order valence-corrected chi connectivity index (χ0v) is 20.1. The maximum absolute atomic E-state index is 13.3. The van der Waals surface area contributed by atoms with Crippen molar-refractivity contribution in [2.24, 2.45) is 0 Å². The molecule has 0 unspecified atom stereocenters. The average molecular weight is 489 g/mol. The lowest BCUT2D eigenvalue weighted by Gasteiger charge is -2.22. The minimum atomic E-state index is -0.201. The van der Waals surface area contributed by atoms with Crippen molar-refractivity contribution < 1.29 is 14.3 Å². The fraction of sp³-hybridized carbons (Fsp3) is 0.273. The van der Waals surface area contributed by atoms with E-state index in [1.165, 1.54) is 23.5 Å². The van der Waals surface area contributed by atoms with E-state index in [1.54, 1.807) is 21.9 Å². The summed E-state index contributed by atoms with van der Waals surface area (Å²) in [6.07, 6.45) is 0. The second-order valence-electron chi connectivity index (χ2n) is 7.03. The summed E-state index contributed by atoms with van der Waals surface area (Å²) in [5.41, 5.74) is 2.50. The predicted octanol–water partition coefficient (Wildman–Crippen LogP) is 4.52. The number of thiocarbonyl (C=S) groups is 2. The molecule has 0 saturated carbocycles. The van der Waals surface area contributed by atoms with Gasteiger partial charge in [0.05, 0.1) is 5.56 Å². The van der Waals surface area contributed by atoms with Crippen LogP contribution in [0, 0.1) is 6.92 Å². The van der Waals surface area contributed by atoms with Gasteiger partial charge in [-0.15, -0.1) is 0 Å². The molecule has 0 N–H and O–H groups in total. The molecule has 2 aliphatic rings. The number of rotatable bonds is 5. The van der Waals surface area contributed by atoms with Gasteiger partial charge in [-0.25, -0.2) is 0 Å². The van der Waals surface area contributed by atoms with E-state index in [1.807, 2.05) is 37.3 Å². The van der Waals surface area contributed by atoms with Crippen molar-refractivity contribution in [2.75, 3.05) is 24.6 Å². The molecular formula is C22H20N2O3S4. The van der Waals surface area contributed by atoms with Crippen molar-refractivity contribution in [3.63, 3.8) is 0 Å². The third-order valence-corrected chi connectivity index (χ3v) is 7.96. The molecule has 0 radical (unpaired) electrons. The average Bonchev–Trinajstić information content (AvgIpc) is 3.40. The van der Waals surface area contributed by atoms with Crippen molar-refractivity contribution >= 4 is 68.4 Å². The van der Waals surface area contributed by atoms with Crippen molar-refractivity contribution in [1.82, 2.24) is 9.80 Å². The van der Waals surface area contributed by atoms with Crippen LogP contribution in [0.25, 0.3) is 0 Å². The summed E-state index contributed by atoms with van der Waals surface area (Å²) < 4.78 is 7.29. The molecule has 0 aliphatic carbocycles. The summed E-state index contributed by atoms with van der Waals surface area (Å²) in [4.78, 5) is 29.6. The first-order valence-electron chi connectivity index (χ1n) is 9.75. The van der Waals surface area contributed by atoms with Crippen LogP contribution in [0.1, 0.15) is 31.8 Å². The molecule has 2 aromatic rings. The van der Waals surface area contributed by atoms with Gasteiger partial charge >= 0.3 is 0 Å². The van der Waals surface area contributed by atoms with E-state index >= 15 is 0 Å². The fourth-order valence-electron chi connectivity index (χ4n) is 3.45. The maximum atomic E-state index is 13.3. The van der Waals surface area contributed by atoms with Crippen LogP contribution in [-0.4, -0.2) is 54.9 Å². The molecule has 2 heterocycles. The van der Waals surface area contributed by atoms with Gasteiger partial charge in [-0.3, -0.25) is 19.4 Å². The van der Waals surface area contributed by atoms with E-state index in [4.69, 9.17) is 29.2 Å². The Balaban J connectivity index is 1.70. The van der Waals surface area contributed by atoms with E-state index in [9.17, 15) is 9.59 Å². The van der Waals surface area contributed by atoms with Gasteiger partial charge in [0.2, 0.25) is 0 Å². The van der Waals surface area contributed by atoms with Crippen molar-refractivity contribution in [3.05, 3.63) is 64.7 Å². The second-order valence-corrected chi connectivity index (χ2v) is 10.5. The Morgan fingerprint density at radius 1 is 0.903 bits per heavy atom. The van der Waals surface area contributed by atoms with E-state index in [2.05, 4.69) is 0 Å². The van der Waals surface area contributed by atoms with E-state index in [0.717, 1.165) is 17.1 Å². The van der Waals surface area contributed by atoms with Crippen LogP contribution in [0.5, 0.6) is 5.75 Å². The Morgan fingerprint density at radius 3 is 2.00 bits per heavy atom. The van der Waals surface area contributed by atoms with Crippen LogP contribution in [0.2, 0.25) is 0 Å². The summed E-state index contributed by atoms with van der Waals surface area (Å²) in [7, 11) is 0. The first-order valence-corrected chi connectivity index (χ1v) is 12.5. The molecule has 5 nitrogen and oxygen atoms in total. The van der Waals surface area contributed by atoms with Gasteiger partial charge in [0.1, 0.15) is 21.0 Å². The standard InChI is InChI=1S/C22H20N2O3S4/c1-14-16(19(25)23-9-11-30-21(23)28)7-8-17(20(26)24-10-12-31-22(24)29)18(14)27-13-15-5-3-2-4-6-15/h2-8H,9-13H2,1H3. The molecule has 2 amide bonds. The summed E-state index contributed by atoms with van der Waals surface area (Å²) in [6, 6.07) is 13.1. The van der Waals surface area contributed by atoms with Gasteiger partial charge in [0.25, 0.3) is 11.8 Å². The zero-order chi connectivity index (χ0) is 22.0. The van der Waals surface area contributed by atoms with Crippen LogP contribution in [0.3, 0.4) is 0 Å². The number of carbonyl (C=O) groups is 2. The fourth-order valence-corrected chi connectivity index (χ4v) is 5.86. The molecule has 0 bridgehead atoms. The number of thioether (sulfide) groups is 2. The van der Waals surface area contributed by atoms with E-state index in [0.29, 0.717) is 44.2 Å². The van der Waals surface area contributed by atoms with Gasteiger partial charge in [-0.05, 0) is 24.6 Å². The number of hydrogen-bond donors (Lipinski definition) is 0. The van der Waals surface area contributed by atoms with Crippen molar-refractivity contribution in [3.8, 4) is 5.75 Å². The third kappa shape index (κ3) is 4.64. The van der Waals surface area contributed by atoms with Crippen molar-refractivity contribution in [1.29, 1.82) is 0 Å². The lowest BCUT2D eigenvalue weighted by atomic mass is 10.0. The van der Waals surface area contributed by atoms with Crippen molar-refractivity contribution in [2.45, 2.75) is 13.5 Å². The molecule has 4 rings (SSSR count). The largest absolute Gasteiger partial charge is 0.488 e. The molecule has 160 valence electrons. The monoisotopic (exact) mass is 488 g/mol. The number of hydrogen-bond acceptors (Lipinski definition) is 7. The molecule has 2 fully saturated rings. The first-order chi connectivity index (χ1) is 15.0. The SMILES string of the molecule is Cc1c(C(=O)N2CCSC2=S)ccc(C(=O)N2CCSC2=S)c1OCc1ccccc1. The highest BCUT2D eigenvalue weighted by molar-refractivity contribution is 8.23. The Morgan fingerprint density at radius 2 is 1.45 bits per heavy atom. The quantitative estimate of drug-likeness (QED) is 0.574. The van der Waals surface area contributed by atoms with Gasteiger partial charge in [0, 0.05) is 35.7 Å². The summed E-state index contributed by atoms with van der Waals surface area (Å²) >= 11 is 13.6. The highest BCUT2D eigenvalue weighted by Crippen LogP contribution is 2.32. The number of ether oxygens (including phenoxy) is 1. The summed E-state index contributed by atoms with van der Waals surface area (Å²) in [5, 5.41) is 0. The zero-order valence-electron chi connectivity index (χ0n) is 16.8. The minimum Gasteiger partial charge on any atom is -0.488 e. The van der Waals surface area contributed by atoms with Crippen LogP contribution < -0.4 is 4.74 Å². The van der Waals surface area contributed by atoms with Gasteiger partial charge < -0.3 is 4.74 Å². The van der Waals surface area contributed by atoms with Crippen LogP contribution in [0.4, 0.5) is 0 Å². The van der Waals surface area contributed by atoms with E-state index in [-0.39, 0.29) is 18.4 Å². The van der Waals surface area contributed by atoms with Gasteiger partial charge in [-0.2, -0.15) is 0 Å². The molecular weight excluding hydrogens is 469 g/mol. The number of benzene rings is 2. The Bertz CT molecular complexity index is 1060. The second kappa shape index (κ2) is 9.68. The lowest BCUT2D eigenvalue weighted by molar-refractivity contribution is 0.0844. The molecule has 2 aromatic carbocycles. The highest BCUT2D eigenvalue weighted by Gasteiger charge is 2.31. The smallest absolute Gasteiger partial charge is 0.263 e. The van der Waals surface area contributed by atoms with Crippen LogP contribution in [-0.2, 0) is 6.61 Å². The van der Waals surface area contributed by atoms with E-state index < -0.39 is 0 Å². The summed E-state index contributed by atoms with van der Waals surface area (Å²) in [5.74, 6) is 1.62. The number of nitrogens with zero attached hydrogens (tertiary/aromatic N) is 2. The first kappa shape index (κ1) is 22.3. The maximum Gasteiger partial charge on any atom is 0.263 e. The molecule has 0 aromatic heterocycles. The lowest BCUT2D eigenvalue weighted by Crippen LogP contribution is -2.33. The third-order valence-electron chi connectivity index (χ3n) is 5.10. The van der Waals surface area contributed by atoms with Crippen LogP contribution >= 0.6 is 48.0 Å². The Kier molecular flexibility index (Phi) is 6.95. The molecule has 0 atom stereocenters. The van der Waals surface area contributed by atoms with Crippen LogP contribution in [0.15, 0.2) is 42.5 Å². The summed E-state index contributed by atoms with van der Waals surface area (Å²) in [6.45, 7) is 3.26. The molecule has 0 spiro atoms. The Labute approximate surface area is 200 Å². The number of amides is 2. The predicted molar refractivity (Wildman–Crippen MR) is 134 cm³/mol. The topological polar surface area (TPSA) is 49.9 Å². The van der Waals surface area contributed by atoms with Gasteiger partial charge in [-0.1, -0.05) is 78.3 Å². The molecule has 2 saturated heterocycles. The number of carbonyl (C=O) groups excluding carboxylic acids is 2. The Hall–Kier alpha value is -1.94. The molecule has 31 heavy (non-hydrogen) atoms. The highest BCUT2D eigenvalue weighted by atomic mass is 32.2.